The maximum absolute atomic E-state index is 12.3. The third-order valence-electron chi connectivity index (χ3n) is 4.25. The maximum Gasteiger partial charge on any atom is 0.238 e. The SMILES string of the molecule is Cc1cc(C)c(NC(=O)CN2CC(C)CC(C)C2)c(C)c1. The predicted molar refractivity (Wildman–Crippen MR) is 88.7 cm³/mol. The number of nitrogens with zero attached hydrogens (tertiary/aromatic N) is 1. The first-order valence-corrected chi connectivity index (χ1v) is 7.95. The number of carbonyl (C=O) groups excluding carboxylic acids is 1. The number of benzene rings is 1. The van der Waals surface area contributed by atoms with Gasteiger partial charge in [0.25, 0.3) is 0 Å². The first-order valence-electron chi connectivity index (χ1n) is 7.95. The van der Waals surface area contributed by atoms with Gasteiger partial charge >= 0.3 is 0 Å². The van der Waals surface area contributed by atoms with E-state index in [1.807, 2.05) is 0 Å². The van der Waals surface area contributed by atoms with E-state index < -0.39 is 0 Å². The number of hydrogen-bond donors (Lipinski definition) is 1. The van der Waals surface area contributed by atoms with Gasteiger partial charge in [-0.15, -0.1) is 0 Å². The number of piperidine rings is 1. The van der Waals surface area contributed by atoms with E-state index in [-0.39, 0.29) is 5.91 Å². The van der Waals surface area contributed by atoms with Gasteiger partial charge in [0.2, 0.25) is 5.91 Å². The molecule has 3 heteroatoms. The molecule has 1 amide bonds. The Morgan fingerprint density at radius 3 is 2.19 bits per heavy atom. The highest BCUT2D eigenvalue weighted by atomic mass is 16.2. The second-order valence-electron chi connectivity index (χ2n) is 6.96. The van der Waals surface area contributed by atoms with E-state index in [4.69, 9.17) is 0 Å². The van der Waals surface area contributed by atoms with Gasteiger partial charge in [0.1, 0.15) is 0 Å². The summed E-state index contributed by atoms with van der Waals surface area (Å²) in [6.45, 7) is 13.3. The first kappa shape index (κ1) is 16.0. The van der Waals surface area contributed by atoms with Crippen LogP contribution in [0.25, 0.3) is 0 Å². The molecule has 2 atom stereocenters. The number of aryl methyl sites for hydroxylation is 3. The Morgan fingerprint density at radius 2 is 1.67 bits per heavy atom. The highest BCUT2D eigenvalue weighted by Crippen LogP contribution is 2.23. The highest BCUT2D eigenvalue weighted by molar-refractivity contribution is 5.93. The smallest absolute Gasteiger partial charge is 0.238 e. The van der Waals surface area contributed by atoms with Gasteiger partial charge in [0, 0.05) is 18.8 Å². The summed E-state index contributed by atoms with van der Waals surface area (Å²) in [7, 11) is 0. The quantitative estimate of drug-likeness (QED) is 0.923. The largest absolute Gasteiger partial charge is 0.324 e. The lowest BCUT2D eigenvalue weighted by molar-refractivity contribution is -0.117. The average Bonchev–Trinajstić information content (AvgIpc) is 2.32. The van der Waals surface area contributed by atoms with Crippen LogP contribution < -0.4 is 5.32 Å². The second-order valence-corrected chi connectivity index (χ2v) is 6.96. The lowest BCUT2D eigenvalue weighted by Gasteiger charge is -2.34. The molecule has 1 heterocycles. The van der Waals surface area contributed by atoms with E-state index in [0.29, 0.717) is 18.4 Å². The molecule has 0 spiro atoms. The summed E-state index contributed by atoms with van der Waals surface area (Å²) in [5, 5.41) is 3.10. The van der Waals surface area contributed by atoms with Crippen molar-refractivity contribution in [3.05, 3.63) is 28.8 Å². The highest BCUT2D eigenvalue weighted by Gasteiger charge is 2.23. The molecule has 3 nitrogen and oxygen atoms in total. The van der Waals surface area contributed by atoms with Crippen LogP contribution in [0.2, 0.25) is 0 Å². The summed E-state index contributed by atoms with van der Waals surface area (Å²) < 4.78 is 0. The molecule has 2 rings (SSSR count). The van der Waals surface area contributed by atoms with Gasteiger partial charge < -0.3 is 5.32 Å². The third-order valence-corrected chi connectivity index (χ3v) is 4.25. The zero-order valence-corrected chi connectivity index (χ0v) is 14.0. The topological polar surface area (TPSA) is 32.3 Å². The summed E-state index contributed by atoms with van der Waals surface area (Å²) in [5.41, 5.74) is 4.49. The number of hydrogen-bond acceptors (Lipinski definition) is 2. The fourth-order valence-corrected chi connectivity index (χ4v) is 3.68. The van der Waals surface area contributed by atoms with Crippen LogP contribution >= 0.6 is 0 Å². The Morgan fingerprint density at radius 1 is 1.14 bits per heavy atom. The lowest BCUT2D eigenvalue weighted by Crippen LogP contribution is -2.42. The third kappa shape index (κ3) is 4.31. The van der Waals surface area contributed by atoms with Crippen LogP contribution in [0, 0.1) is 32.6 Å². The summed E-state index contributed by atoms with van der Waals surface area (Å²) in [4.78, 5) is 14.6. The Bertz CT molecular complexity index is 491. The average molecular weight is 288 g/mol. The molecule has 0 bridgehead atoms. The molecule has 2 unspecified atom stereocenters. The van der Waals surface area contributed by atoms with Crippen LogP contribution in [0.3, 0.4) is 0 Å². The van der Waals surface area contributed by atoms with Gasteiger partial charge in [-0.1, -0.05) is 31.5 Å². The first-order chi connectivity index (χ1) is 9.85. The summed E-state index contributed by atoms with van der Waals surface area (Å²) in [6, 6.07) is 4.24. The van der Waals surface area contributed by atoms with E-state index in [1.165, 1.54) is 12.0 Å². The minimum absolute atomic E-state index is 0.103. The molecule has 1 aromatic rings. The number of carbonyl (C=O) groups is 1. The van der Waals surface area contributed by atoms with E-state index in [0.717, 1.165) is 29.9 Å². The van der Waals surface area contributed by atoms with Crippen molar-refractivity contribution in [2.45, 2.75) is 41.0 Å². The van der Waals surface area contributed by atoms with Crippen molar-refractivity contribution < 1.29 is 4.79 Å². The van der Waals surface area contributed by atoms with Gasteiger partial charge in [-0.2, -0.15) is 0 Å². The molecule has 0 saturated carbocycles. The van der Waals surface area contributed by atoms with Crippen LogP contribution in [-0.4, -0.2) is 30.4 Å². The van der Waals surface area contributed by atoms with Crippen molar-refractivity contribution in [2.24, 2.45) is 11.8 Å². The molecule has 0 aromatic heterocycles. The molecule has 1 N–H and O–H groups in total. The van der Waals surface area contributed by atoms with Crippen molar-refractivity contribution in [1.82, 2.24) is 4.90 Å². The molecule has 21 heavy (non-hydrogen) atoms. The Labute approximate surface area is 128 Å². The Hall–Kier alpha value is -1.35. The van der Waals surface area contributed by atoms with E-state index in [9.17, 15) is 4.79 Å². The van der Waals surface area contributed by atoms with Crippen LogP contribution in [0.5, 0.6) is 0 Å². The van der Waals surface area contributed by atoms with Crippen LogP contribution in [-0.2, 0) is 4.79 Å². The second kappa shape index (κ2) is 6.61. The number of nitrogens with one attached hydrogen (secondary N) is 1. The van der Waals surface area contributed by atoms with Gasteiger partial charge in [0.05, 0.1) is 6.54 Å². The Kier molecular flexibility index (Phi) is 5.04. The van der Waals surface area contributed by atoms with Gasteiger partial charge in [-0.3, -0.25) is 9.69 Å². The van der Waals surface area contributed by atoms with Crippen LogP contribution in [0.1, 0.15) is 37.0 Å². The van der Waals surface area contributed by atoms with Crippen molar-refractivity contribution in [3.8, 4) is 0 Å². The molecule has 1 fully saturated rings. The molecule has 0 aliphatic carbocycles. The van der Waals surface area contributed by atoms with Gasteiger partial charge in [-0.05, 0) is 50.2 Å². The molecule has 1 aromatic carbocycles. The fourth-order valence-electron chi connectivity index (χ4n) is 3.68. The fraction of sp³-hybridized carbons (Fsp3) is 0.611. The van der Waals surface area contributed by atoms with Gasteiger partial charge in [-0.25, -0.2) is 0 Å². The van der Waals surface area contributed by atoms with Crippen molar-refractivity contribution in [3.63, 3.8) is 0 Å². The summed E-state index contributed by atoms with van der Waals surface area (Å²) in [6.07, 6.45) is 1.27. The van der Waals surface area contributed by atoms with E-state index >= 15 is 0 Å². The molecular weight excluding hydrogens is 260 g/mol. The summed E-state index contributed by atoms with van der Waals surface area (Å²) >= 11 is 0. The molecule has 1 saturated heterocycles. The number of likely N-dealkylation sites (tertiary alicyclic amines) is 1. The summed E-state index contributed by atoms with van der Waals surface area (Å²) in [5.74, 6) is 1.47. The van der Waals surface area contributed by atoms with Crippen LogP contribution in [0.15, 0.2) is 12.1 Å². The number of anilines is 1. The minimum Gasteiger partial charge on any atom is -0.324 e. The normalized spacial score (nSPS) is 23.1. The van der Waals surface area contributed by atoms with Crippen molar-refractivity contribution in [2.75, 3.05) is 25.0 Å². The van der Waals surface area contributed by atoms with Gasteiger partial charge in [0.15, 0.2) is 0 Å². The molecule has 116 valence electrons. The molecular formula is C18H28N2O. The number of rotatable bonds is 3. The zero-order valence-electron chi connectivity index (χ0n) is 14.0. The standard InChI is InChI=1S/C18H28N2O/c1-12-7-15(4)18(16(5)8-12)19-17(21)11-20-9-13(2)6-14(3)10-20/h7-8,13-14H,6,9-11H2,1-5H3,(H,19,21). The molecule has 0 radical (unpaired) electrons. The Balaban J connectivity index is 1.99. The lowest BCUT2D eigenvalue weighted by atomic mass is 9.92. The molecule has 1 aliphatic heterocycles. The monoisotopic (exact) mass is 288 g/mol. The zero-order chi connectivity index (χ0) is 15.6. The minimum atomic E-state index is 0.103. The molecule has 1 aliphatic rings. The van der Waals surface area contributed by atoms with E-state index in [2.05, 4.69) is 57.0 Å². The number of amides is 1. The predicted octanol–water partition coefficient (Wildman–Crippen LogP) is 3.53. The van der Waals surface area contributed by atoms with Crippen LogP contribution in [0.4, 0.5) is 5.69 Å². The van der Waals surface area contributed by atoms with E-state index in [1.54, 1.807) is 0 Å². The van der Waals surface area contributed by atoms with Crippen molar-refractivity contribution >= 4 is 11.6 Å². The maximum atomic E-state index is 12.3. The van der Waals surface area contributed by atoms with Crippen molar-refractivity contribution in [1.29, 1.82) is 0 Å².